The Morgan fingerprint density at radius 1 is 0.926 bits per heavy atom. The Labute approximate surface area is 166 Å². The molecule has 3 unspecified atom stereocenters. The van der Waals surface area contributed by atoms with Crippen LogP contribution in [0.15, 0.2) is 12.2 Å². The van der Waals surface area contributed by atoms with Crippen LogP contribution in [0.4, 0.5) is 0 Å². The fraction of sp³-hybridized carbons (Fsp3) is 0.857. The number of aliphatic hydroxyl groups excluding tert-OH is 2. The topological polar surface area (TPSA) is 94.8 Å². The second-order valence-electron chi connectivity index (χ2n) is 7.40. The summed E-state index contributed by atoms with van der Waals surface area (Å²) >= 11 is 0. The molecule has 3 N–H and O–H groups in total. The van der Waals surface area contributed by atoms with Crippen molar-refractivity contribution in [3.63, 3.8) is 0 Å². The summed E-state index contributed by atoms with van der Waals surface area (Å²) < 4.78 is 11.1. The molecule has 0 bridgehead atoms. The highest BCUT2D eigenvalue weighted by atomic mass is 31.1. The number of allylic oxidation sites excluding steroid dienone is 2. The average molecular weight is 405 g/mol. The first kappa shape index (κ1) is 26.5. The molecular formula is C21H41O5P. The monoisotopic (exact) mass is 404 g/mol. The summed E-state index contributed by atoms with van der Waals surface area (Å²) in [5.41, 5.74) is 0. The van der Waals surface area contributed by atoms with E-state index in [4.69, 9.17) is 5.11 Å². The van der Waals surface area contributed by atoms with Gasteiger partial charge in [-0.1, -0.05) is 70.4 Å². The van der Waals surface area contributed by atoms with Crippen molar-refractivity contribution in [2.24, 2.45) is 0 Å². The molecule has 3 atom stereocenters. The Kier molecular flexibility index (Phi) is 17.3. The number of ketones is 1. The molecule has 160 valence electrons. The first-order valence-corrected chi connectivity index (χ1v) is 11.7. The SMILES string of the molecule is CCCCCCCCC=CCCCCCCCC(=O)C(O)([PH2]=O)C(O)CO. The summed E-state index contributed by atoms with van der Waals surface area (Å²) in [6, 6.07) is 0. The first-order chi connectivity index (χ1) is 13.0. The lowest BCUT2D eigenvalue weighted by Crippen LogP contribution is -2.46. The summed E-state index contributed by atoms with van der Waals surface area (Å²) in [5.74, 6) is -0.633. The summed E-state index contributed by atoms with van der Waals surface area (Å²) in [4.78, 5) is 11.9. The smallest absolute Gasteiger partial charge is 0.198 e. The Balaban J connectivity index is 3.58. The second-order valence-corrected chi connectivity index (χ2v) is 8.51. The molecule has 6 heteroatoms. The van der Waals surface area contributed by atoms with Gasteiger partial charge in [0.2, 0.25) is 0 Å². The van der Waals surface area contributed by atoms with Crippen LogP contribution in [0.1, 0.15) is 96.8 Å². The van der Waals surface area contributed by atoms with E-state index >= 15 is 0 Å². The molecule has 0 fully saturated rings. The van der Waals surface area contributed by atoms with E-state index in [9.17, 15) is 19.6 Å². The molecule has 0 aliphatic heterocycles. The van der Waals surface area contributed by atoms with E-state index in [1.807, 2.05) is 0 Å². The minimum atomic E-state index is -2.27. The van der Waals surface area contributed by atoms with Crippen molar-refractivity contribution in [1.29, 1.82) is 0 Å². The van der Waals surface area contributed by atoms with Gasteiger partial charge in [-0.2, -0.15) is 0 Å². The minimum absolute atomic E-state index is 0.0843. The Morgan fingerprint density at radius 2 is 1.41 bits per heavy atom. The predicted octanol–water partition coefficient (Wildman–Crippen LogP) is 4.39. The molecule has 0 saturated carbocycles. The average Bonchev–Trinajstić information content (AvgIpc) is 2.69. The molecule has 0 aromatic carbocycles. The van der Waals surface area contributed by atoms with Crippen LogP contribution in [-0.4, -0.2) is 39.2 Å². The Morgan fingerprint density at radius 3 is 1.89 bits per heavy atom. The highest BCUT2D eigenvalue weighted by Crippen LogP contribution is 2.27. The number of aliphatic hydroxyl groups is 3. The molecule has 0 radical (unpaired) electrons. The zero-order valence-corrected chi connectivity index (χ0v) is 18.2. The molecule has 0 aliphatic rings. The normalized spacial score (nSPS) is 15.6. The van der Waals surface area contributed by atoms with Gasteiger partial charge < -0.3 is 19.9 Å². The lowest BCUT2D eigenvalue weighted by atomic mass is 10.0. The standard InChI is InChI=1S/C21H41O5P/c1-2-3-4-5-6-7-8-9-10-11-12-13-14-15-16-17-19(23)21(25,27-26)20(24)18-22/h9-10,20,22,24-25H,2-8,11-18,27H2,1H3. The van der Waals surface area contributed by atoms with Gasteiger partial charge in [0.05, 0.1) is 6.61 Å². The summed E-state index contributed by atoms with van der Waals surface area (Å²) in [5, 5.41) is 26.0. The highest BCUT2D eigenvalue weighted by Gasteiger charge is 2.41. The van der Waals surface area contributed by atoms with Crippen LogP contribution in [0.2, 0.25) is 0 Å². The molecule has 0 aromatic rings. The largest absolute Gasteiger partial charge is 0.394 e. The van der Waals surface area contributed by atoms with Crippen LogP contribution in [0.25, 0.3) is 0 Å². The van der Waals surface area contributed by atoms with Crippen LogP contribution in [-0.2, 0) is 9.36 Å². The second kappa shape index (κ2) is 17.6. The lowest BCUT2D eigenvalue weighted by Gasteiger charge is -2.25. The molecule has 0 spiro atoms. The fourth-order valence-electron chi connectivity index (χ4n) is 3.03. The highest BCUT2D eigenvalue weighted by molar-refractivity contribution is 7.27. The van der Waals surface area contributed by atoms with Crippen molar-refractivity contribution in [1.82, 2.24) is 0 Å². The fourth-order valence-corrected chi connectivity index (χ4v) is 3.56. The van der Waals surface area contributed by atoms with Crippen LogP contribution in [0.3, 0.4) is 0 Å². The van der Waals surface area contributed by atoms with E-state index in [1.54, 1.807) is 0 Å². The van der Waals surface area contributed by atoms with Crippen molar-refractivity contribution >= 4 is 14.2 Å². The summed E-state index contributed by atoms with van der Waals surface area (Å²) in [7, 11) is -1.89. The van der Waals surface area contributed by atoms with E-state index in [-0.39, 0.29) is 6.42 Å². The quantitative estimate of drug-likeness (QED) is 0.169. The molecular weight excluding hydrogens is 363 g/mol. The third-order valence-electron chi connectivity index (χ3n) is 4.97. The molecule has 0 amide bonds. The summed E-state index contributed by atoms with van der Waals surface area (Å²) in [6.45, 7) is 1.46. The number of unbranched alkanes of at least 4 members (excludes halogenated alkanes) is 11. The van der Waals surface area contributed by atoms with Gasteiger partial charge in [-0.25, -0.2) is 0 Å². The van der Waals surface area contributed by atoms with E-state index in [0.717, 1.165) is 32.1 Å². The molecule has 0 aliphatic carbocycles. The summed E-state index contributed by atoms with van der Waals surface area (Å²) in [6.07, 6.45) is 18.0. The minimum Gasteiger partial charge on any atom is -0.394 e. The number of rotatable bonds is 19. The van der Waals surface area contributed by atoms with Gasteiger partial charge >= 0.3 is 0 Å². The third kappa shape index (κ3) is 12.6. The number of Topliss-reactive ketones (excluding diaryl/α,β-unsaturated/α-hetero) is 1. The zero-order valence-electron chi connectivity index (χ0n) is 17.1. The zero-order chi connectivity index (χ0) is 20.4. The first-order valence-electron chi connectivity index (χ1n) is 10.7. The molecule has 5 nitrogen and oxygen atoms in total. The van der Waals surface area contributed by atoms with E-state index in [2.05, 4.69) is 19.1 Å². The van der Waals surface area contributed by atoms with Gasteiger partial charge in [0.1, 0.15) is 14.6 Å². The van der Waals surface area contributed by atoms with Crippen LogP contribution in [0, 0.1) is 0 Å². The van der Waals surface area contributed by atoms with Gasteiger partial charge in [-0.05, 0) is 32.1 Å². The molecule has 0 aromatic heterocycles. The Bertz CT molecular complexity index is 413. The maximum absolute atomic E-state index is 11.9. The molecule has 0 saturated heterocycles. The molecule has 27 heavy (non-hydrogen) atoms. The van der Waals surface area contributed by atoms with Gasteiger partial charge in [-0.3, -0.25) is 4.79 Å². The predicted molar refractivity (Wildman–Crippen MR) is 113 cm³/mol. The van der Waals surface area contributed by atoms with Crippen molar-refractivity contribution in [2.45, 2.75) is 108 Å². The number of hydrogen-bond acceptors (Lipinski definition) is 5. The Hall–Kier alpha value is -0.480. The van der Waals surface area contributed by atoms with Gasteiger partial charge in [-0.15, -0.1) is 0 Å². The third-order valence-corrected chi connectivity index (χ3v) is 6.04. The maximum atomic E-state index is 11.9. The lowest BCUT2D eigenvalue weighted by molar-refractivity contribution is -0.139. The number of hydrogen-bond donors (Lipinski definition) is 3. The van der Waals surface area contributed by atoms with Gasteiger partial charge in [0.25, 0.3) is 0 Å². The van der Waals surface area contributed by atoms with Crippen molar-refractivity contribution in [3.05, 3.63) is 12.2 Å². The van der Waals surface area contributed by atoms with Crippen LogP contribution >= 0.6 is 8.46 Å². The van der Waals surface area contributed by atoms with Gasteiger partial charge in [0, 0.05) is 6.42 Å². The number of carbonyl (C=O) groups excluding carboxylic acids is 1. The molecule has 0 heterocycles. The van der Waals surface area contributed by atoms with E-state index < -0.39 is 32.3 Å². The van der Waals surface area contributed by atoms with E-state index in [0.29, 0.717) is 6.42 Å². The van der Waals surface area contributed by atoms with E-state index in [1.165, 1.54) is 44.9 Å². The van der Waals surface area contributed by atoms with Gasteiger partial charge in [0.15, 0.2) is 11.1 Å². The maximum Gasteiger partial charge on any atom is 0.198 e. The molecule has 0 rings (SSSR count). The van der Waals surface area contributed by atoms with Crippen molar-refractivity contribution < 1.29 is 24.7 Å². The van der Waals surface area contributed by atoms with Crippen LogP contribution in [0.5, 0.6) is 0 Å². The number of carbonyl (C=O) groups is 1. The van der Waals surface area contributed by atoms with Crippen molar-refractivity contribution in [2.75, 3.05) is 6.61 Å². The van der Waals surface area contributed by atoms with Crippen LogP contribution < -0.4 is 0 Å². The van der Waals surface area contributed by atoms with Crippen molar-refractivity contribution in [3.8, 4) is 0 Å².